The first kappa shape index (κ1) is 16.6. The summed E-state index contributed by atoms with van der Waals surface area (Å²) < 4.78 is 0. The summed E-state index contributed by atoms with van der Waals surface area (Å²) in [4.78, 5) is 0.836. The zero-order valence-corrected chi connectivity index (χ0v) is 12.5. The summed E-state index contributed by atoms with van der Waals surface area (Å²) in [5.74, 6) is 7.04. The third-order valence-electron chi connectivity index (χ3n) is 1.76. The van der Waals surface area contributed by atoms with Gasteiger partial charge in [-0.05, 0) is 33.6 Å². The third-order valence-corrected chi connectivity index (χ3v) is 3.52. The maximum absolute atomic E-state index is 10.0. The van der Waals surface area contributed by atoms with Crippen LogP contribution in [0.4, 0.5) is 0 Å². The van der Waals surface area contributed by atoms with Gasteiger partial charge in [0.05, 0.1) is 5.60 Å². The minimum Gasteiger partial charge on any atom is -0.385 e. The molecule has 0 atom stereocenters. The Hall–Kier alpha value is -0.430. The van der Waals surface area contributed by atoms with Crippen molar-refractivity contribution in [2.45, 2.75) is 52.7 Å². The highest BCUT2D eigenvalue weighted by molar-refractivity contribution is 8.03. The molecule has 0 saturated heterocycles. The van der Waals surface area contributed by atoms with Gasteiger partial charge >= 0.3 is 0 Å². The largest absolute Gasteiger partial charge is 0.385 e. The topological polar surface area (TPSA) is 40.5 Å². The van der Waals surface area contributed by atoms with Gasteiger partial charge < -0.3 is 10.2 Å². The Kier molecular flexibility index (Phi) is 6.32. The van der Waals surface area contributed by atoms with Crippen molar-refractivity contribution in [1.29, 1.82) is 0 Å². The first-order valence-corrected chi connectivity index (χ1v) is 6.82. The average molecular weight is 256 g/mol. The van der Waals surface area contributed by atoms with Gasteiger partial charge in [-0.25, -0.2) is 0 Å². The Morgan fingerprint density at radius 1 is 1.24 bits per heavy atom. The van der Waals surface area contributed by atoms with Crippen LogP contribution in [-0.4, -0.2) is 27.2 Å². The molecule has 0 bridgehead atoms. The summed E-state index contributed by atoms with van der Waals surface area (Å²) in [7, 11) is 0. The van der Waals surface area contributed by atoms with E-state index in [1.165, 1.54) is 0 Å². The van der Waals surface area contributed by atoms with E-state index in [1.54, 1.807) is 45.5 Å². The van der Waals surface area contributed by atoms with Crippen molar-refractivity contribution in [3.8, 4) is 11.8 Å². The van der Waals surface area contributed by atoms with Gasteiger partial charge in [0.15, 0.2) is 0 Å². The van der Waals surface area contributed by atoms with E-state index in [4.69, 9.17) is 0 Å². The minimum atomic E-state index is -0.996. The number of allylic oxidation sites excluding steroid dienone is 1. The third kappa shape index (κ3) is 9.29. The molecular weight excluding hydrogens is 232 g/mol. The highest BCUT2D eigenvalue weighted by Gasteiger charge is 2.19. The van der Waals surface area contributed by atoms with Crippen LogP contribution in [0.1, 0.15) is 41.5 Å². The molecule has 0 spiro atoms. The monoisotopic (exact) mass is 256 g/mol. The fraction of sp³-hybridized carbons (Fsp3) is 0.714. The quantitative estimate of drug-likeness (QED) is 0.760. The van der Waals surface area contributed by atoms with Crippen LogP contribution in [0.5, 0.6) is 0 Å². The van der Waals surface area contributed by atoms with Gasteiger partial charge in [0, 0.05) is 16.7 Å². The van der Waals surface area contributed by atoms with Crippen LogP contribution < -0.4 is 0 Å². The van der Waals surface area contributed by atoms with Gasteiger partial charge in [-0.3, -0.25) is 0 Å². The molecule has 3 heteroatoms. The Morgan fingerprint density at radius 2 is 1.76 bits per heavy atom. The van der Waals surface area contributed by atoms with Crippen molar-refractivity contribution in [3.05, 3.63) is 11.0 Å². The number of hydrogen-bond acceptors (Lipinski definition) is 3. The van der Waals surface area contributed by atoms with Crippen molar-refractivity contribution >= 4 is 11.8 Å². The van der Waals surface area contributed by atoms with Crippen LogP contribution in [0.3, 0.4) is 0 Å². The lowest BCUT2D eigenvalue weighted by Crippen LogP contribution is -2.20. The lowest BCUT2D eigenvalue weighted by atomic mass is 10.1. The molecule has 0 saturated carbocycles. The highest BCUT2D eigenvalue weighted by atomic mass is 32.2. The Labute approximate surface area is 110 Å². The predicted octanol–water partition coefficient (Wildman–Crippen LogP) is 2.80. The minimum absolute atomic E-state index is 0.563. The second-order valence-corrected chi connectivity index (χ2v) is 6.66. The lowest BCUT2D eigenvalue weighted by molar-refractivity contribution is 0.129. The molecule has 0 aliphatic heterocycles. The standard InChI is InChI=1S/C14H24O2S/c1-11(2)10-17-12(14(5,6)16)8-7-9-13(3,4)15/h8,11,15-16H,10H2,1-6H3/b12-8+. The fourth-order valence-corrected chi connectivity index (χ4v) is 1.94. The second-order valence-electron chi connectivity index (χ2n) is 5.60. The molecule has 2 N–H and O–H groups in total. The van der Waals surface area contributed by atoms with E-state index in [1.807, 2.05) is 0 Å². The maximum Gasteiger partial charge on any atom is 0.120 e. The zero-order valence-electron chi connectivity index (χ0n) is 11.7. The van der Waals surface area contributed by atoms with Gasteiger partial charge in [-0.15, -0.1) is 11.8 Å². The van der Waals surface area contributed by atoms with E-state index in [0.717, 1.165) is 10.7 Å². The molecule has 0 aliphatic carbocycles. The molecule has 0 amide bonds. The van der Waals surface area contributed by atoms with Crippen molar-refractivity contribution in [2.75, 3.05) is 5.75 Å². The molecule has 0 aromatic carbocycles. The lowest BCUT2D eigenvalue weighted by Gasteiger charge is -2.21. The fourth-order valence-electron chi connectivity index (χ4n) is 0.930. The summed E-state index contributed by atoms with van der Waals surface area (Å²) in [6.45, 7) is 11.0. The van der Waals surface area contributed by atoms with Crippen LogP contribution >= 0.6 is 11.8 Å². The smallest absolute Gasteiger partial charge is 0.120 e. The van der Waals surface area contributed by atoms with Gasteiger partial charge in [-0.1, -0.05) is 25.7 Å². The van der Waals surface area contributed by atoms with Crippen LogP contribution in [0.2, 0.25) is 0 Å². The molecular formula is C14H24O2S. The van der Waals surface area contributed by atoms with Crippen molar-refractivity contribution < 1.29 is 10.2 Å². The van der Waals surface area contributed by atoms with Crippen LogP contribution in [0, 0.1) is 17.8 Å². The summed E-state index contributed by atoms with van der Waals surface area (Å²) in [5.41, 5.74) is -1.88. The summed E-state index contributed by atoms with van der Waals surface area (Å²) >= 11 is 1.61. The molecule has 0 aliphatic rings. The Balaban J connectivity index is 4.80. The molecule has 0 heterocycles. The maximum atomic E-state index is 10.0. The number of rotatable bonds is 4. The summed E-state index contributed by atoms with van der Waals surface area (Å²) in [5, 5.41) is 19.5. The van der Waals surface area contributed by atoms with E-state index in [-0.39, 0.29) is 0 Å². The van der Waals surface area contributed by atoms with Gasteiger partial charge in [0.1, 0.15) is 5.60 Å². The van der Waals surface area contributed by atoms with Crippen LogP contribution in [-0.2, 0) is 0 Å². The second kappa shape index (κ2) is 6.49. The number of hydrogen-bond donors (Lipinski definition) is 2. The Morgan fingerprint density at radius 3 is 2.12 bits per heavy atom. The normalized spacial score (nSPS) is 13.6. The summed E-state index contributed by atoms with van der Waals surface area (Å²) in [6, 6.07) is 0. The van der Waals surface area contributed by atoms with Crippen molar-refractivity contribution in [1.82, 2.24) is 0 Å². The van der Waals surface area contributed by atoms with E-state index < -0.39 is 11.2 Å². The molecule has 0 rings (SSSR count). The molecule has 0 radical (unpaired) electrons. The summed E-state index contributed by atoms with van der Waals surface area (Å²) in [6.07, 6.45) is 1.70. The molecule has 17 heavy (non-hydrogen) atoms. The molecule has 2 nitrogen and oxygen atoms in total. The molecule has 0 unspecified atom stereocenters. The number of aliphatic hydroxyl groups is 2. The first-order valence-electron chi connectivity index (χ1n) is 5.83. The molecule has 0 aromatic heterocycles. The van der Waals surface area contributed by atoms with Crippen molar-refractivity contribution in [3.63, 3.8) is 0 Å². The van der Waals surface area contributed by atoms with Crippen LogP contribution in [0.15, 0.2) is 11.0 Å². The average Bonchev–Trinajstić information content (AvgIpc) is 2.06. The SMILES string of the molecule is CC(C)CS/C(=C/C#CC(C)(C)O)C(C)(C)O. The van der Waals surface area contributed by atoms with Gasteiger partial charge in [0.25, 0.3) is 0 Å². The van der Waals surface area contributed by atoms with Gasteiger partial charge in [-0.2, -0.15) is 0 Å². The number of thioether (sulfide) groups is 1. The molecule has 98 valence electrons. The van der Waals surface area contributed by atoms with E-state index >= 15 is 0 Å². The highest BCUT2D eigenvalue weighted by Crippen LogP contribution is 2.28. The van der Waals surface area contributed by atoms with Crippen molar-refractivity contribution in [2.24, 2.45) is 5.92 Å². The first-order chi connectivity index (χ1) is 7.52. The molecule has 0 fully saturated rings. The molecule has 0 aromatic rings. The van der Waals surface area contributed by atoms with E-state index in [0.29, 0.717) is 5.92 Å². The predicted molar refractivity (Wildman–Crippen MR) is 75.8 cm³/mol. The zero-order chi connectivity index (χ0) is 13.7. The van der Waals surface area contributed by atoms with Gasteiger partial charge in [0.2, 0.25) is 0 Å². The van der Waals surface area contributed by atoms with Crippen LogP contribution in [0.25, 0.3) is 0 Å². The van der Waals surface area contributed by atoms with E-state index in [9.17, 15) is 10.2 Å². The van der Waals surface area contributed by atoms with E-state index in [2.05, 4.69) is 25.7 Å². The Bertz CT molecular complexity index is 319.